The number of hydrogen-bond acceptors (Lipinski definition) is 2. The minimum atomic E-state index is -0.577. The molecule has 1 N–H and O–H groups in total. The van der Waals surface area contributed by atoms with Crippen LogP contribution in [0.4, 0.5) is 0 Å². The topological polar surface area (TPSA) is 40.5 Å². The molecule has 5 fully saturated rings. The van der Waals surface area contributed by atoms with Gasteiger partial charge >= 0.3 is 0 Å². The van der Waals surface area contributed by atoms with Gasteiger partial charge in [0.05, 0.1) is 24.1 Å². The van der Waals surface area contributed by atoms with Gasteiger partial charge in [-0.15, -0.1) is 0 Å². The van der Waals surface area contributed by atoms with E-state index in [9.17, 15) is 9.90 Å². The van der Waals surface area contributed by atoms with E-state index in [-0.39, 0.29) is 5.41 Å². The molecule has 0 atom stereocenters. The summed E-state index contributed by atoms with van der Waals surface area (Å²) >= 11 is 0. The van der Waals surface area contributed by atoms with Gasteiger partial charge in [-0.1, -0.05) is 13.3 Å². The number of β-amino-alcohol motifs (C(OH)–C–C–N with tert-alkyl or cyclic N) is 1. The maximum atomic E-state index is 13.0. The number of carbonyl (C=O) groups excluding carboxylic acids is 1. The summed E-state index contributed by atoms with van der Waals surface area (Å²) in [5.74, 6) is 2.85. The Morgan fingerprint density at radius 3 is 2.05 bits per heavy atom. The summed E-state index contributed by atoms with van der Waals surface area (Å²) in [7, 11) is 0. The van der Waals surface area contributed by atoms with Crippen LogP contribution in [0.3, 0.4) is 0 Å². The van der Waals surface area contributed by atoms with Crippen molar-refractivity contribution in [3.05, 3.63) is 0 Å². The molecule has 0 unspecified atom stereocenters. The van der Waals surface area contributed by atoms with Crippen molar-refractivity contribution in [3.8, 4) is 0 Å². The maximum Gasteiger partial charge on any atom is 0.229 e. The molecule has 1 aliphatic heterocycles. The van der Waals surface area contributed by atoms with Crippen LogP contribution in [0.15, 0.2) is 0 Å². The van der Waals surface area contributed by atoms with E-state index in [4.69, 9.17) is 0 Å². The van der Waals surface area contributed by atoms with Crippen molar-refractivity contribution in [1.82, 2.24) is 4.90 Å². The Hall–Kier alpha value is -0.570. The first-order valence-electron chi connectivity index (χ1n) is 8.54. The van der Waals surface area contributed by atoms with Crippen molar-refractivity contribution >= 4 is 5.91 Å². The Bertz CT molecular complexity index is 389. The minimum absolute atomic E-state index is 0.0255. The van der Waals surface area contributed by atoms with Crippen molar-refractivity contribution in [2.75, 3.05) is 13.1 Å². The lowest BCUT2D eigenvalue weighted by atomic mass is 9.49. The first kappa shape index (κ1) is 13.1. The van der Waals surface area contributed by atoms with Crippen LogP contribution in [0, 0.1) is 23.2 Å². The second kappa shape index (κ2) is 4.22. The van der Waals surface area contributed by atoms with Gasteiger partial charge in [0.15, 0.2) is 0 Å². The van der Waals surface area contributed by atoms with E-state index in [1.807, 2.05) is 4.90 Å². The van der Waals surface area contributed by atoms with Crippen LogP contribution in [0.2, 0.25) is 0 Å². The van der Waals surface area contributed by atoms with Gasteiger partial charge in [0.1, 0.15) is 0 Å². The lowest BCUT2D eigenvalue weighted by molar-refractivity contribution is -0.179. The second-order valence-corrected chi connectivity index (χ2v) is 8.33. The third-order valence-electron chi connectivity index (χ3n) is 6.46. The SMILES string of the molecule is CCCC1(O)CN(C(=O)C23CC4CC(CC(C4)C2)C3)C1. The molecule has 5 aliphatic rings. The van der Waals surface area contributed by atoms with E-state index in [1.165, 1.54) is 19.3 Å². The zero-order valence-electron chi connectivity index (χ0n) is 12.6. The first-order chi connectivity index (χ1) is 9.52. The molecule has 112 valence electrons. The molecule has 3 heteroatoms. The predicted molar refractivity (Wildman–Crippen MR) is 77.0 cm³/mol. The Morgan fingerprint density at radius 2 is 1.60 bits per heavy atom. The minimum Gasteiger partial charge on any atom is -0.386 e. The third-order valence-corrected chi connectivity index (χ3v) is 6.46. The number of amides is 1. The number of hydrogen-bond donors (Lipinski definition) is 1. The smallest absolute Gasteiger partial charge is 0.229 e. The highest BCUT2D eigenvalue weighted by atomic mass is 16.3. The van der Waals surface area contributed by atoms with Gasteiger partial charge in [-0.2, -0.15) is 0 Å². The summed E-state index contributed by atoms with van der Waals surface area (Å²) in [5.41, 5.74) is -0.602. The van der Waals surface area contributed by atoms with E-state index >= 15 is 0 Å². The largest absolute Gasteiger partial charge is 0.386 e. The fourth-order valence-corrected chi connectivity index (χ4v) is 6.14. The molecule has 0 aromatic heterocycles. The van der Waals surface area contributed by atoms with Gasteiger partial charge in [0, 0.05) is 0 Å². The van der Waals surface area contributed by atoms with Crippen molar-refractivity contribution in [3.63, 3.8) is 0 Å². The van der Waals surface area contributed by atoms with Crippen molar-refractivity contribution in [2.24, 2.45) is 23.2 Å². The Labute approximate surface area is 121 Å². The molecule has 4 aliphatic carbocycles. The zero-order valence-corrected chi connectivity index (χ0v) is 12.6. The van der Waals surface area contributed by atoms with E-state index < -0.39 is 5.60 Å². The van der Waals surface area contributed by atoms with Crippen LogP contribution < -0.4 is 0 Å². The van der Waals surface area contributed by atoms with E-state index in [0.29, 0.717) is 19.0 Å². The molecule has 3 nitrogen and oxygen atoms in total. The van der Waals surface area contributed by atoms with E-state index in [2.05, 4.69) is 6.92 Å². The van der Waals surface area contributed by atoms with Crippen LogP contribution in [-0.2, 0) is 4.79 Å². The van der Waals surface area contributed by atoms with Crippen LogP contribution >= 0.6 is 0 Å². The molecule has 0 radical (unpaired) electrons. The first-order valence-corrected chi connectivity index (χ1v) is 8.54. The molecule has 1 heterocycles. The molecule has 4 saturated carbocycles. The lowest BCUT2D eigenvalue weighted by Crippen LogP contribution is -2.67. The molecule has 20 heavy (non-hydrogen) atoms. The molecular weight excluding hydrogens is 250 g/mol. The molecule has 0 aromatic rings. The van der Waals surface area contributed by atoms with Crippen LogP contribution in [0.5, 0.6) is 0 Å². The summed E-state index contributed by atoms with van der Waals surface area (Å²) in [4.78, 5) is 14.9. The Morgan fingerprint density at radius 1 is 1.10 bits per heavy atom. The molecule has 0 aromatic carbocycles. The second-order valence-electron chi connectivity index (χ2n) is 8.33. The number of carbonyl (C=O) groups is 1. The maximum absolute atomic E-state index is 13.0. The summed E-state index contributed by atoms with van der Waals surface area (Å²) in [5, 5.41) is 10.3. The summed E-state index contributed by atoms with van der Waals surface area (Å²) < 4.78 is 0. The highest BCUT2D eigenvalue weighted by Gasteiger charge is 2.57. The van der Waals surface area contributed by atoms with Gasteiger partial charge in [-0.3, -0.25) is 4.79 Å². The highest BCUT2D eigenvalue weighted by Crippen LogP contribution is 2.60. The quantitative estimate of drug-likeness (QED) is 0.861. The lowest BCUT2D eigenvalue weighted by Gasteiger charge is -2.58. The fourth-order valence-electron chi connectivity index (χ4n) is 6.14. The molecule has 5 rings (SSSR count). The monoisotopic (exact) mass is 277 g/mol. The normalized spacial score (nSPS) is 44.5. The van der Waals surface area contributed by atoms with E-state index in [0.717, 1.165) is 49.9 Å². The summed E-state index contributed by atoms with van der Waals surface area (Å²) in [6, 6.07) is 0. The third kappa shape index (κ3) is 1.85. The number of rotatable bonds is 3. The molecule has 0 spiro atoms. The molecule has 1 amide bonds. The van der Waals surface area contributed by atoms with Gasteiger partial charge in [0.25, 0.3) is 0 Å². The van der Waals surface area contributed by atoms with Gasteiger partial charge in [-0.05, 0) is 62.7 Å². The molecule has 1 saturated heterocycles. The Kier molecular flexibility index (Phi) is 2.77. The zero-order chi connectivity index (χ0) is 14.0. The van der Waals surface area contributed by atoms with Crippen molar-refractivity contribution in [2.45, 2.75) is 63.9 Å². The number of aliphatic hydroxyl groups is 1. The van der Waals surface area contributed by atoms with Crippen molar-refractivity contribution in [1.29, 1.82) is 0 Å². The van der Waals surface area contributed by atoms with Crippen LogP contribution in [-0.4, -0.2) is 34.6 Å². The van der Waals surface area contributed by atoms with Crippen molar-refractivity contribution < 1.29 is 9.90 Å². The standard InChI is InChI=1S/C17H27NO2/c1-2-3-17(20)10-18(11-17)15(19)16-7-12-4-13(8-16)6-14(5-12)9-16/h12-14,20H,2-11H2,1H3. The number of nitrogens with zero attached hydrogens (tertiary/aromatic N) is 1. The van der Waals surface area contributed by atoms with Crippen LogP contribution in [0.25, 0.3) is 0 Å². The predicted octanol–water partition coefficient (Wildman–Crippen LogP) is 2.58. The van der Waals surface area contributed by atoms with Gasteiger partial charge in [0.2, 0.25) is 5.91 Å². The fraction of sp³-hybridized carbons (Fsp3) is 0.941. The van der Waals surface area contributed by atoms with Gasteiger partial charge < -0.3 is 10.0 Å². The molecule has 4 bridgehead atoms. The number of likely N-dealkylation sites (tertiary alicyclic amines) is 1. The Balaban J connectivity index is 1.47. The average molecular weight is 277 g/mol. The van der Waals surface area contributed by atoms with Gasteiger partial charge in [-0.25, -0.2) is 0 Å². The van der Waals surface area contributed by atoms with E-state index in [1.54, 1.807) is 0 Å². The molecular formula is C17H27NO2. The van der Waals surface area contributed by atoms with Crippen LogP contribution in [0.1, 0.15) is 58.3 Å². The summed E-state index contributed by atoms with van der Waals surface area (Å²) in [6.45, 7) is 3.27. The highest BCUT2D eigenvalue weighted by molar-refractivity contribution is 5.84. The average Bonchev–Trinajstić information content (AvgIpc) is 2.33. The summed E-state index contributed by atoms with van der Waals surface area (Å²) in [6.07, 6.45) is 9.39.